The third-order valence-electron chi connectivity index (χ3n) is 4.02. The molecule has 0 fully saturated rings. The van der Waals surface area contributed by atoms with E-state index in [1.807, 2.05) is 57.0 Å². The van der Waals surface area contributed by atoms with Gasteiger partial charge in [-0.2, -0.15) is 5.26 Å². The Hall–Kier alpha value is -2.06. The van der Waals surface area contributed by atoms with Crippen molar-refractivity contribution >= 4 is 5.91 Å². The maximum absolute atomic E-state index is 12.1. The predicted molar refractivity (Wildman–Crippen MR) is 91.2 cm³/mol. The lowest BCUT2D eigenvalue weighted by Gasteiger charge is -2.28. The largest absolute Gasteiger partial charge is 0.492 e. The Morgan fingerprint density at radius 3 is 2.65 bits per heavy atom. The summed E-state index contributed by atoms with van der Waals surface area (Å²) in [6.45, 7) is 8.96. The number of hydrogen-bond donors (Lipinski definition) is 1. The molecule has 1 N–H and O–H groups in total. The van der Waals surface area contributed by atoms with Crippen molar-refractivity contribution in [3.05, 3.63) is 29.8 Å². The van der Waals surface area contributed by atoms with Crippen LogP contribution in [0.5, 0.6) is 5.75 Å². The van der Waals surface area contributed by atoms with Gasteiger partial charge in [0.2, 0.25) is 5.91 Å². The third kappa shape index (κ3) is 5.91. The van der Waals surface area contributed by atoms with Gasteiger partial charge in [-0.3, -0.25) is 9.69 Å². The zero-order valence-electron chi connectivity index (χ0n) is 14.7. The highest BCUT2D eigenvalue weighted by Gasteiger charge is 2.30. The second-order valence-electron chi connectivity index (χ2n) is 6.37. The summed E-state index contributed by atoms with van der Waals surface area (Å²) >= 11 is 0. The molecular formula is C18H27N3O2. The zero-order chi connectivity index (χ0) is 17.5. The number of nitrogens with zero attached hydrogens (tertiary/aromatic N) is 2. The van der Waals surface area contributed by atoms with Gasteiger partial charge in [-0.15, -0.1) is 0 Å². The van der Waals surface area contributed by atoms with Crippen molar-refractivity contribution in [2.75, 3.05) is 26.7 Å². The minimum absolute atomic E-state index is 0.0474. The number of amides is 1. The highest BCUT2D eigenvalue weighted by molar-refractivity contribution is 5.79. The molecule has 5 nitrogen and oxygen atoms in total. The van der Waals surface area contributed by atoms with Crippen molar-refractivity contribution in [3.63, 3.8) is 0 Å². The number of para-hydroxylation sites is 1. The van der Waals surface area contributed by atoms with Crippen molar-refractivity contribution in [1.82, 2.24) is 10.2 Å². The Balaban J connectivity index is 2.39. The van der Waals surface area contributed by atoms with Gasteiger partial charge in [-0.25, -0.2) is 0 Å². The van der Waals surface area contributed by atoms with Crippen LogP contribution in [0.3, 0.4) is 0 Å². The number of benzene rings is 1. The first-order chi connectivity index (χ1) is 10.8. The molecule has 1 amide bonds. The maximum atomic E-state index is 12.1. The van der Waals surface area contributed by atoms with E-state index in [-0.39, 0.29) is 18.4 Å². The fourth-order valence-electron chi connectivity index (χ4n) is 1.98. The Bertz CT molecular complexity index is 566. The molecule has 126 valence electrons. The average Bonchev–Trinajstić information content (AvgIpc) is 2.48. The first kappa shape index (κ1) is 19.0. The number of aryl methyl sites for hydroxylation is 1. The SMILES string of the molecule is Cc1ccccc1OCCN(C)CC(=O)NC(C)(C#N)C(C)C. The molecule has 0 bridgehead atoms. The lowest BCUT2D eigenvalue weighted by atomic mass is 9.90. The third-order valence-corrected chi connectivity index (χ3v) is 4.02. The molecule has 0 aliphatic heterocycles. The number of rotatable bonds is 8. The molecule has 0 saturated carbocycles. The molecule has 1 aromatic carbocycles. The van der Waals surface area contributed by atoms with Gasteiger partial charge in [0.15, 0.2) is 0 Å². The fourth-order valence-corrected chi connectivity index (χ4v) is 1.98. The summed E-state index contributed by atoms with van der Waals surface area (Å²) in [5.74, 6) is 0.759. The van der Waals surface area contributed by atoms with E-state index in [0.717, 1.165) is 11.3 Å². The minimum atomic E-state index is -0.838. The van der Waals surface area contributed by atoms with Crippen LogP contribution < -0.4 is 10.1 Å². The topological polar surface area (TPSA) is 65.4 Å². The maximum Gasteiger partial charge on any atom is 0.235 e. The zero-order valence-corrected chi connectivity index (χ0v) is 14.7. The summed E-state index contributed by atoms with van der Waals surface area (Å²) in [5.41, 5.74) is 0.255. The van der Waals surface area contributed by atoms with E-state index in [0.29, 0.717) is 13.2 Å². The van der Waals surface area contributed by atoms with Crippen LogP contribution in [0, 0.1) is 24.2 Å². The normalized spacial score (nSPS) is 13.5. The molecule has 1 atom stereocenters. The van der Waals surface area contributed by atoms with Crippen LogP contribution in [0.15, 0.2) is 24.3 Å². The highest BCUT2D eigenvalue weighted by atomic mass is 16.5. The lowest BCUT2D eigenvalue weighted by Crippen LogP contribution is -2.51. The van der Waals surface area contributed by atoms with Crippen LogP contribution in [0.25, 0.3) is 0 Å². The van der Waals surface area contributed by atoms with Gasteiger partial charge in [0.1, 0.15) is 17.9 Å². The van der Waals surface area contributed by atoms with Crippen molar-refractivity contribution in [3.8, 4) is 11.8 Å². The van der Waals surface area contributed by atoms with E-state index in [4.69, 9.17) is 4.74 Å². The molecule has 0 radical (unpaired) electrons. The molecule has 1 aromatic rings. The Labute approximate surface area is 139 Å². The molecule has 0 spiro atoms. The number of hydrogen-bond acceptors (Lipinski definition) is 4. The van der Waals surface area contributed by atoms with Crippen LogP contribution in [0.1, 0.15) is 26.3 Å². The number of nitrogens with one attached hydrogen (secondary N) is 1. The number of ether oxygens (including phenoxy) is 1. The second-order valence-corrected chi connectivity index (χ2v) is 6.37. The first-order valence-corrected chi connectivity index (χ1v) is 7.87. The molecule has 0 aliphatic rings. The van der Waals surface area contributed by atoms with Crippen molar-refractivity contribution < 1.29 is 9.53 Å². The molecule has 0 heterocycles. The van der Waals surface area contributed by atoms with Gasteiger partial charge in [0.25, 0.3) is 0 Å². The van der Waals surface area contributed by atoms with Gasteiger partial charge in [-0.05, 0) is 38.4 Å². The molecule has 5 heteroatoms. The van der Waals surface area contributed by atoms with Gasteiger partial charge >= 0.3 is 0 Å². The van der Waals surface area contributed by atoms with Crippen molar-refractivity contribution in [1.29, 1.82) is 5.26 Å². The summed E-state index contributed by atoms with van der Waals surface area (Å²) in [5, 5.41) is 12.0. The summed E-state index contributed by atoms with van der Waals surface area (Å²) in [4.78, 5) is 14.0. The van der Waals surface area contributed by atoms with Crippen LogP contribution in [0.4, 0.5) is 0 Å². The molecule has 1 rings (SSSR count). The molecule has 23 heavy (non-hydrogen) atoms. The minimum Gasteiger partial charge on any atom is -0.492 e. The lowest BCUT2D eigenvalue weighted by molar-refractivity contribution is -0.123. The van der Waals surface area contributed by atoms with Gasteiger partial charge in [0, 0.05) is 6.54 Å². The number of nitriles is 1. The molecule has 1 unspecified atom stereocenters. The Morgan fingerprint density at radius 2 is 2.09 bits per heavy atom. The summed E-state index contributed by atoms with van der Waals surface area (Å²) in [7, 11) is 1.86. The molecule has 0 saturated heterocycles. The van der Waals surface area contributed by atoms with Gasteiger partial charge < -0.3 is 10.1 Å². The van der Waals surface area contributed by atoms with Gasteiger partial charge in [-0.1, -0.05) is 32.0 Å². The highest BCUT2D eigenvalue weighted by Crippen LogP contribution is 2.16. The monoisotopic (exact) mass is 317 g/mol. The van der Waals surface area contributed by atoms with Gasteiger partial charge in [0.05, 0.1) is 12.6 Å². The van der Waals surface area contributed by atoms with Crippen molar-refractivity contribution in [2.45, 2.75) is 33.2 Å². The summed E-state index contributed by atoms with van der Waals surface area (Å²) < 4.78 is 5.72. The number of carbonyl (C=O) groups excluding carboxylic acids is 1. The predicted octanol–water partition coefficient (Wildman–Crippen LogP) is 2.36. The Morgan fingerprint density at radius 1 is 1.43 bits per heavy atom. The fraction of sp³-hybridized carbons (Fsp3) is 0.556. The van der Waals surface area contributed by atoms with Crippen LogP contribution in [-0.2, 0) is 4.79 Å². The van der Waals surface area contributed by atoms with Crippen LogP contribution in [-0.4, -0.2) is 43.1 Å². The van der Waals surface area contributed by atoms with Crippen LogP contribution in [0.2, 0.25) is 0 Å². The number of carbonyl (C=O) groups is 1. The van der Waals surface area contributed by atoms with E-state index < -0.39 is 5.54 Å². The number of likely N-dealkylation sites (N-methyl/N-ethyl adjacent to an activating group) is 1. The smallest absolute Gasteiger partial charge is 0.235 e. The quantitative estimate of drug-likeness (QED) is 0.799. The van der Waals surface area contributed by atoms with E-state index in [1.165, 1.54) is 0 Å². The van der Waals surface area contributed by atoms with E-state index >= 15 is 0 Å². The molecular weight excluding hydrogens is 290 g/mol. The van der Waals surface area contributed by atoms with Crippen molar-refractivity contribution in [2.24, 2.45) is 5.92 Å². The first-order valence-electron chi connectivity index (χ1n) is 7.87. The van der Waals surface area contributed by atoms with E-state index in [2.05, 4.69) is 11.4 Å². The van der Waals surface area contributed by atoms with E-state index in [1.54, 1.807) is 6.92 Å². The average molecular weight is 317 g/mol. The van der Waals surface area contributed by atoms with E-state index in [9.17, 15) is 10.1 Å². The second kappa shape index (κ2) is 8.54. The van der Waals surface area contributed by atoms with Crippen LogP contribution >= 0.6 is 0 Å². The standard InChI is InChI=1S/C18H27N3O2/c1-14(2)18(4,13-19)20-17(22)12-21(5)10-11-23-16-9-7-6-8-15(16)3/h6-9,14H,10-12H2,1-5H3,(H,20,22). The summed E-state index contributed by atoms with van der Waals surface area (Å²) in [6.07, 6.45) is 0. The molecule has 0 aromatic heterocycles. The molecule has 0 aliphatic carbocycles. The summed E-state index contributed by atoms with van der Waals surface area (Å²) in [6, 6.07) is 10.0. The Kier molecular flexibility index (Phi) is 7.05.